The lowest BCUT2D eigenvalue weighted by Gasteiger charge is -2.13. The number of halogens is 4. The van der Waals surface area contributed by atoms with Gasteiger partial charge in [0, 0.05) is 11.6 Å². The molecule has 0 aliphatic rings. The van der Waals surface area contributed by atoms with Gasteiger partial charge in [-0.2, -0.15) is 13.2 Å². The van der Waals surface area contributed by atoms with Gasteiger partial charge in [0.05, 0.1) is 5.56 Å². The zero-order chi connectivity index (χ0) is 13.2. The van der Waals surface area contributed by atoms with E-state index >= 15 is 0 Å². The Morgan fingerprint density at radius 2 is 1.88 bits per heavy atom. The van der Waals surface area contributed by atoms with Crippen molar-refractivity contribution in [2.45, 2.75) is 26.1 Å². The Kier molecular flexibility index (Phi) is 3.75. The molecule has 1 aromatic rings. The highest BCUT2D eigenvalue weighted by Gasteiger charge is 2.34. The lowest BCUT2D eigenvalue weighted by atomic mass is 10.1. The van der Waals surface area contributed by atoms with Gasteiger partial charge in [-0.3, -0.25) is 4.99 Å². The molecule has 0 fully saturated rings. The zero-order valence-corrected chi connectivity index (χ0v) is 9.35. The summed E-state index contributed by atoms with van der Waals surface area (Å²) in [6, 6.07) is 1.88. The predicted octanol–water partition coefficient (Wildman–Crippen LogP) is 2.96. The number of benzene rings is 1. The molecule has 0 atom stereocenters. The molecule has 0 aromatic heterocycles. The van der Waals surface area contributed by atoms with Crippen molar-refractivity contribution in [1.29, 1.82) is 0 Å². The topological polar surface area (TPSA) is 38.4 Å². The summed E-state index contributed by atoms with van der Waals surface area (Å²) < 4.78 is 50.9. The van der Waals surface area contributed by atoms with Crippen molar-refractivity contribution in [3.05, 3.63) is 35.1 Å². The Balaban J connectivity index is 3.35. The molecule has 0 amide bonds. The average Bonchev–Trinajstić information content (AvgIpc) is 2.14. The first-order valence-corrected chi connectivity index (χ1v) is 4.92. The molecule has 2 N–H and O–H groups in total. The molecule has 17 heavy (non-hydrogen) atoms. The Morgan fingerprint density at radius 3 is 2.35 bits per heavy atom. The van der Waals surface area contributed by atoms with E-state index in [0.717, 1.165) is 12.1 Å². The van der Waals surface area contributed by atoms with Gasteiger partial charge in [-0.1, -0.05) is 0 Å². The van der Waals surface area contributed by atoms with Gasteiger partial charge in [-0.25, -0.2) is 4.39 Å². The van der Waals surface area contributed by atoms with Crippen LogP contribution < -0.4 is 5.73 Å². The van der Waals surface area contributed by atoms with E-state index in [1.807, 2.05) is 0 Å². The minimum atomic E-state index is -4.58. The lowest BCUT2D eigenvalue weighted by molar-refractivity contribution is -0.137. The lowest BCUT2D eigenvalue weighted by Crippen LogP contribution is -2.21. The number of rotatable bonds is 2. The van der Waals surface area contributed by atoms with E-state index in [0.29, 0.717) is 6.07 Å². The summed E-state index contributed by atoms with van der Waals surface area (Å²) in [5.41, 5.74) is 4.04. The molecule has 0 heterocycles. The number of alkyl halides is 3. The summed E-state index contributed by atoms with van der Waals surface area (Å²) >= 11 is 0. The van der Waals surface area contributed by atoms with Crippen LogP contribution in [0.2, 0.25) is 0 Å². The number of amidine groups is 1. The van der Waals surface area contributed by atoms with Gasteiger partial charge in [0.1, 0.15) is 11.7 Å². The molecule has 94 valence electrons. The maximum atomic E-state index is 13.0. The first kappa shape index (κ1) is 13.5. The van der Waals surface area contributed by atoms with Crippen LogP contribution in [0, 0.1) is 5.82 Å². The van der Waals surface area contributed by atoms with Crippen molar-refractivity contribution in [1.82, 2.24) is 0 Å². The number of nitrogens with two attached hydrogens (primary N) is 1. The summed E-state index contributed by atoms with van der Waals surface area (Å²) in [5, 5.41) is 0. The Hall–Kier alpha value is -1.59. The zero-order valence-electron chi connectivity index (χ0n) is 9.35. The quantitative estimate of drug-likeness (QED) is 0.487. The van der Waals surface area contributed by atoms with Gasteiger partial charge >= 0.3 is 6.18 Å². The first-order valence-electron chi connectivity index (χ1n) is 4.92. The number of aliphatic imine (C=N–C) groups is 1. The Labute approximate surface area is 96.2 Å². The molecule has 0 radical (unpaired) electrons. The van der Waals surface area contributed by atoms with Gasteiger partial charge in [0.2, 0.25) is 0 Å². The van der Waals surface area contributed by atoms with Crippen LogP contribution in [0.25, 0.3) is 0 Å². The van der Waals surface area contributed by atoms with E-state index in [9.17, 15) is 17.6 Å². The summed E-state index contributed by atoms with van der Waals surface area (Å²) in [5.74, 6) is -1.10. The third kappa shape index (κ3) is 3.44. The maximum absolute atomic E-state index is 13.0. The van der Waals surface area contributed by atoms with Crippen molar-refractivity contribution in [2.24, 2.45) is 10.7 Å². The Morgan fingerprint density at radius 1 is 1.29 bits per heavy atom. The van der Waals surface area contributed by atoms with Crippen LogP contribution in [0.1, 0.15) is 25.0 Å². The van der Waals surface area contributed by atoms with Crippen LogP contribution in [0.15, 0.2) is 23.2 Å². The van der Waals surface area contributed by atoms with Gasteiger partial charge in [-0.05, 0) is 32.0 Å². The van der Waals surface area contributed by atoms with Crippen molar-refractivity contribution in [3.8, 4) is 0 Å². The Bertz CT molecular complexity index is 436. The first-order chi connectivity index (χ1) is 7.71. The van der Waals surface area contributed by atoms with Crippen molar-refractivity contribution < 1.29 is 17.6 Å². The van der Waals surface area contributed by atoms with Crippen molar-refractivity contribution >= 4 is 5.84 Å². The van der Waals surface area contributed by atoms with Crippen molar-refractivity contribution in [2.75, 3.05) is 0 Å². The van der Waals surface area contributed by atoms with E-state index < -0.39 is 23.1 Å². The largest absolute Gasteiger partial charge is 0.417 e. The van der Waals surface area contributed by atoms with Crippen molar-refractivity contribution in [3.63, 3.8) is 0 Å². The molecule has 1 aromatic carbocycles. The fourth-order valence-corrected chi connectivity index (χ4v) is 1.32. The third-order valence-corrected chi connectivity index (χ3v) is 1.96. The SMILES string of the molecule is CC(C)N=C(N)c1cc(F)ccc1C(F)(F)F. The summed E-state index contributed by atoms with van der Waals surface area (Å²) in [6.07, 6.45) is -4.58. The minimum absolute atomic E-state index is 0.264. The van der Waals surface area contributed by atoms with Crippen LogP contribution in [-0.2, 0) is 6.18 Å². The normalized spacial score (nSPS) is 13.2. The smallest absolute Gasteiger partial charge is 0.383 e. The number of hydrogen-bond donors (Lipinski definition) is 1. The highest BCUT2D eigenvalue weighted by atomic mass is 19.4. The summed E-state index contributed by atoms with van der Waals surface area (Å²) in [6.45, 7) is 3.33. The second-order valence-electron chi connectivity index (χ2n) is 3.80. The van der Waals surface area contributed by atoms with E-state index in [4.69, 9.17) is 5.73 Å². The van der Waals surface area contributed by atoms with Crippen LogP contribution in [0.3, 0.4) is 0 Å². The fraction of sp³-hybridized carbons (Fsp3) is 0.364. The minimum Gasteiger partial charge on any atom is -0.383 e. The molecule has 1 rings (SSSR count). The van der Waals surface area contributed by atoms with Gasteiger partial charge < -0.3 is 5.73 Å². The van der Waals surface area contributed by atoms with Gasteiger partial charge in [0.25, 0.3) is 0 Å². The van der Waals surface area contributed by atoms with E-state index in [2.05, 4.69) is 4.99 Å². The van der Waals surface area contributed by atoms with Crippen LogP contribution in [0.4, 0.5) is 17.6 Å². The molecule has 2 nitrogen and oxygen atoms in total. The average molecular weight is 248 g/mol. The molecule has 0 saturated carbocycles. The van der Waals surface area contributed by atoms with E-state index in [1.165, 1.54) is 0 Å². The monoisotopic (exact) mass is 248 g/mol. The number of hydrogen-bond acceptors (Lipinski definition) is 1. The summed E-state index contributed by atoms with van der Waals surface area (Å²) in [4.78, 5) is 3.79. The molecular weight excluding hydrogens is 236 g/mol. The highest BCUT2D eigenvalue weighted by Crippen LogP contribution is 2.32. The number of nitrogens with zero attached hydrogens (tertiary/aromatic N) is 1. The molecule has 6 heteroatoms. The molecule has 0 bridgehead atoms. The van der Waals surface area contributed by atoms with Gasteiger partial charge in [0.15, 0.2) is 0 Å². The maximum Gasteiger partial charge on any atom is 0.417 e. The predicted molar refractivity (Wildman–Crippen MR) is 57.3 cm³/mol. The molecule has 0 aliphatic carbocycles. The third-order valence-electron chi connectivity index (χ3n) is 1.96. The van der Waals surface area contributed by atoms with Crippen LogP contribution in [-0.4, -0.2) is 11.9 Å². The molecule has 0 unspecified atom stereocenters. The second-order valence-corrected chi connectivity index (χ2v) is 3.80. The summed E-state index contributed by atoms with van der Waals surface area (Å²) in [7, 11) is 0. The highest BCUT2D eigenvalue weighted by molar-refractivity contribution is 5.99. The molecular formula is C11H12F4N2. The van der Waals surface area contributed by atoms with Crippen LogP contribution in [0.5, 0.6) is 0 Å². The second kappa shape index (κ2) is 4.73. The molecule has 0 spiro atoms. The molecule has 0 saturated heterocycles. The van der Waals surface area contributed by atoms with Gasteiger partial charge in [-0.15, -0.1) is 0 Å². The molecule has 0 aliphatic heterocycles. The fourth-order valence-electron chi connectivity index (χ4n) is 1.32. The van der Waals surface area contributed by atoms with Crippen LogP contribution >= 0.6 is 0 Å². The van der Waals surface area contributed by atoms with E-state index in [1.54, 1.807) is 13.8 Å². The van der Waals surface area contributed by atoms with E-state index in [-0.39, 0.29) is 11.9 Å². The standard InChI is InChI=1S/C11H12F4N2/c1-6(2)17-10(16)8-5-7(12)3-4-9(8)11(13,14)15/h3-6H,1-2H3,(H2,16,17).